The summed E-state index contributed by atoms with van der Waals surface area (Å²) in [5.74, 6) is 0.319. The molecule has 8 heteroatoms. The van der Waals surface area contributed by atoms with Gasteiger partial charge in [0.1, 0.15) is 5.75 Å². The Morgan fingerprint density at radius 2 is 1.55 bits per heavy atom. The summed E-state index contributed by atoms with van der Waals surface area (Å²) in [6.45, 7) is 5.61. The third kappa shape index (κ3) is 7.57. The largest absolute Gasteiger partial charge is 0.481 e. The Morgan fingerprint density at radius 1 is 0.895 bits per heavy atom. The van der Waals surface area contributed by atoms with Gasteiger partial charge < -0.3 is 19.1 Å². The number of piperazine rings is 1. The van der Waals surface area contributed by atoms with E-state index in [1.807, 2.05) is 71.6 Å². The number of amides is 1. The number of hydrogen-bond acceptors (Lipinski definition) is 6. The molecular weight excluding hydrogens is 504 g/mol. The summed E-state index contributed by atoms with van der Waals surface area (Å²) in [6, 6.07) is 24.3. The van der Waals surface area contributed by atoms with Gasteiger partial charge in [-0.3, -0.25) is 9.69 Å². The summed E-state index contributed by atoms with van der Waals surface area (Å²) in [4.78, 5) is 28.8. The molecule has 0 bridgehead atoms. The number of esters is 1. The Bertz CT molecular complexity index is 1180. The maximum Gasteiger partial charge on any atom is 0.337 e. The van der Waals surface area contributed by atoms with E-state index in [2.05, 4.69) is 4.90 Å². The van der Waals surface area contributed by atoms with E-state index in [-0.39, 0.29) is 18.0 Å². The number of benzene rings is 3. The zero-order chi connectivity index (χ0) is 26.9. The highest BCUT2D eigenvalue weighted by Gasteiger charge is 2.27. The number of rotatable bonds is 10. The highest BCUT2D eigenvalue weighted by molar-refractivity contribution is 6.30. The standard InChI is InChI=1S/C30H33ClN2O5/c1-22(38-27-6-4-3-5-7-27)29(34)33-18-16-32(17-19-33)20-28(24-12-14-26(31)15-13-24)37-21-23-8-10-25(11-9-23)30(35)36-2/h3-15,22,28H,16-21H2,1-2H3/t22-,28+/m0/s1. The van der Waals surface area contributed by atoms with E-state index in [0.29, 0.717) is 42.6 Å². The zero-order valence-electron chi connectivity index (χ0n) is 21.7. The van der Waals surface area contributed by atoms with E-state index in [9.17, 15) is 9.59 Å². The molecule has 3 aromatic rings. The molecule has 3 aromatic carbocycles. The Balaban J connectivity index is 1.34. The predicted octanol–water partition coefficient (Wildman–Crippen LogP) is 5.00. The predicted molar refractivity (Wildman–Crippen MR) is 146 cm³/mol. The van der Waals surface area contributed by atoms with E-state index in [1.54, 1.807) is 19.1 Å². The van der Waals surface area contributed by atoms with Crippen molar-refractivity contribution in [2.45, 2.75) is 25.7 Å². The van der Waals surface area contributed by atoms with Crippen molar-refractivity contribution in [3.05, 3.63) is 101 Å². The van der Waals surface area contributed by atoms with Gasteiger partial charge in [-0.15, -0.1) is 0 Å². The van der Waals surface area contributed by atoms with Crippen LogP contribution in [-0.4, -0.2) is 67.6 Å². The van der Waals surface area contributed by atoms with E-state index in [0.717, 1.165) is 24.2 Å². The van der Waals surface area contributed by atoms with E-state index < -0.39 is 6.10 Å². The molecule has 1 fully saturated rings. The lowest BCUT2D eigenvalue weighted by Gasteiger charge is -2.37. The lowest BCUT2D eigenvalue weighted by Crippen LogP contribution is -2.52. The molecular formula is C30H33ClN2O5. The monoisotopic (exact) mass is 536 g/mol. The molecule has 1 aliphatic heterocycles. The Kier molecular flexibility index (Phi) is 9.76. The SMILES string of the molecule is COC(=O)c1ccc(CO[C@H](CN2CCN(C(=O)[C@H](C)Oc3ccccc3)CC2)c2ccc(Cl)cc2)cc1. The van der Waals surface area contributed by atoms with Crippen molar-refractivity contribution in [1.29, 1.82) is 0 Å². The van der Waals surface area contributed by atoms with Gasteiger partial charge in [-0.05, 0) is 54.4 Å². The smallest absolute Gasteiger partial charge is 0.337 e. The van der Waals surface area contributed by atoms with Gasteiger partial charge in [0, 0.05) is 37.7 Å². The lowest BCUT2D eigenvalue weighted by molar-refractivity contribution is -0.140. The first-order chi connectivity index (χ1) is 18.4. The average molecular weight is 537 g/mol. The second kappa shape index (κ2) is 13.4. The van der Waals surface area contributed by atoms with Crippen molar-refractivity contribution in [3.63, 3.8) is 0 Å². The molecule has 0 spiro atoms. The van der Waals surface area contributed by atoms with Gasteiger partial charge in [0.2, 0.25) is 0 Å². The van der Waals surface area contributed by atoms with Crippen LogP contribution in [-0.2, 0) is 20.9 Å². The average Bonchev–Trinajstić information content (AvgIpc) is 2.96. The molecule has 0 saturated carbocycles. The molecule has 0 unspecified atom stereocenters. The first-order valence-corrected chi connectivity index (χ1v) is 13.1. The van der Waals surface area contributed by atoms with Crippen LogP contribution < -0.4 is 4.74 Å². The maximum absolute atomic E-state index is 12.9. The van der Waals surface area contributed by atoms with Crippen molar-refractivity contribution in [2.75, 3.05) is 39.8 Å². The van der Waals surface area contributed by atoms with Gasteiger partial charge >= 0.3 is 5.97 Å². The molecule has 4 rings (SSSR count). The van der Waals surface area contributed by atoms with E-state index in [1.165, 1.54) is 7.11 Å². The van der Waals surface area contributed by atoms with E-state index in [4.69, 9.17) is 25.8 Å². The number of carbonyl (C=O) groups excluding carboxylic acids is 2. The van der Waals surface area contributed by atoms with Crippen LogP contribution >= 0.6 is 11.6 Å². The number of ether oxygens (including phenoxy) is 3. The summed E-state index contributed by atoms with van der Waals surface area (Å²) >= 11 is 6.12. The first-order valence-electron chi connectivity index (χ1n) is 12.7. The Morgan fingerprint density at radius 3 is 2.18 bits per heavy atom. The number of methoxy groups -OCH3 is 1. The van der Waals surface area contributed by atoms with Gasteiger partial charge in [0.05, 0.1) is 25.4 Å². The molecule has 0 aromatic heterocycles. The number of hydrogen-bond donors (Lipinski definition) is 0. The Hall–Kier alpha value is -3.39. The van der Waals surface area contributed by atoms with Gasteiger partial charge in [-0.2, -0.15) is 0 Å². The van der Waals surface area contributed by atoms with Gasteiger partial charge in [0.15, 0.2) is 6.10 Å². The number of carbonyl (C=O) groups is 2. The fourth-order valence-electron chi connectivity index (χ4n) is 4.38. The zero-order valence-corrected chi connectivity index (χ0v) is 22.5. The molecule has 200 valence electrons. The number of para-hydroxylation sites is 1. The lowest BCUT2D eigenvalue weighted by atomic mass is 10.1. The molecule has 0 radical (unpaired) electrons. The quantitative estimate of drug-likeness (QED) is 0.340. The normalized spacial score (nSPS) is 15.5. The first kappa shape index (κ1) is 27.6. The van der Waals surface area contributed by atoms with Crippen LogP contribution in [0.3, 0.4) is 0 Å². The highest BCUT2D eigenvalue weighted by atomic mass is 35.5. The van der Waals surface area contributed by atoms with Gasteiger partial charge in [0.25, 0.3) is 5.91 Å². The van der Waals surface area contributed by atoms with Crippen molar-refractivity contribution in [3.8, 4) is 5.75 Å². The van der Waals surface area contributed by atoms with Crippen LogP contribution in [0.4, 0.5) is 0 Å². The molecule has 0 N–H and O–H groups in total. The molecule has 7 nitrogen and oxygen atoms in total. The second-order valence-electron chi connectivity index (χ2n) is 9.24. The summed E-state index contributed by atoms with van der Waals surface area (Å²) in [6.07, 6.45) is -0.727. The van der Waals surface area contributed by atoms with Crippen LogP contribution in [0.2, 0.25) is 5.02 Å². The van der Waals surface area contributed by atoms with Crippen LogP contribution in [0.25, 0.3) is 0 Å². The molecule has 0 aliphatic carbocycles. The van der Waals surface area contributed by atoms with Crippen LogP contribution in [0.1, 0.15) is 34.5 Å². The number of nitrogens with zero attached hydrogens (tertiary/aromatic N) is 2. The van der Waals surface area contributed by atoms with Crippen molar-refractivity contribution in [2.24, 2.45) is 0 Å². The van der Waals surface area contributed by atoms with Crippen LogP contribution in [0.5, 0.6) is 5.75 Å². The Labute approximate surface area is 228 Å². The summed E-state index contributed by atoms with van der Waals surface area (Å²) < 4.78 is 17.0. The third-order valence-electron chi connectivity index (χ3n) is 6.58. The molecule has 2 atom stereocenters. The topological polar surface area (TPSA) is 68.3 Å². The van der Waals surface area contributed by atoms with Crippen LogP contribution in [0, 0.1) is 0 Å². The van der Waals surface area contributed by atoms with E-state index >= 15 is 0 Å². The summed E-state index contributed by atoms with van der Waals surface area (Å²) in [5.41, 5.74) is 2.49. The fourth-order valence-corrected chi connectivity index (χ4v) is 4.51. The molecule has 1 saturated heterocycles. The van der Waals surface area contributed by atoms with Gasteiger partial charge in [-0.1, -0.05) is 54.1 Å². The molecule has 1 amide bonds. The maximum atomic E-state index is 12.9. The molecule has 1 heterocycles. The van der Waals surface area contributed by atoms with Crippen LogP contribution in [0.15, 0.2) is 78.9 Å². The van der Waals surface area contributed by atoms with Crippen molar-refractivity contribution >= 4 is 23.5 Å². The van der Waals surface area contributed by atoms with Crippen molar-refractivity contribution < 1.29 is 23.8 Å². The highest BCUT2D eigenvalue weighted by Crippen LogP contribution is 2.24. The minimum atomic E-state index is -0.542. The third-order valence-corrected chi connectivity index (χ3v) is 6.83. The number of halogens is 1. The van der Waals surface area contributed by atoms with Gasteiger partial charge in [-0.25, -0.2) is 4.79 Å². The van der Waals surface area contributed by atoms with Crippen molar-refractivity contribution in [1.82, 2.24) is 9.80 Å². The summed E-state index contributed by atoms with van der Waals surface area (Å²) in [7, 11) is 1.37. The second-order valence-corrected chi connectivity index (χ2v) is 9.68. The minimum Gasteiger partial charge on any atom is -0.481 e. The fraction of sp³-hybridized carbons (Fsp3) is 0.333. The summed E-state index contributed by atoms with van der Waals surface area (Å²) in [5, 5.41) is 0.671. The molecule has 1 aliphatic rings. The minimum absolute atomic E-state index is 0.00518. The molecule has 38 heavy (non-hydrogen) atoms.